The van der Waals surface area contributed by atoms with Crippen molar-refractivity contribution in [1.82, 2.24) is 4.98 Å². The molecule has 0 saturated carbocycles. The summed E-state index contributed by atoms with van der Waals surface area (Å²) in [5, 5.41) is 9.46. The lowest BCUT2D eigenvalue weighted by Crippen LogP contribution is -1.99. The summed E-state index contributed by atoms with van der Waals surface area (Å²) in [6.45, 7) is 0.255. The van der Waals surface area contributed by atoms with Gasteiger partial charge >= 0.3 is 0 Å². The Hall–Kier alpha value is -2.36. The minimum atomic E-state index is -0.0847. The summed E-state index contributed by atoms with van der Waals surface area (Å²) in [5.41, 5.74) is 0.913. The molecule has 0 amide bonds. The monoisotopic (exact) mass is 229 g/mol. The van der Waals surface area contributed by atoms with E-state index in [0.717, 1.165) is 5.69 Å². The normalized spacial score (nSPS) is 9.88. The molecule has 2 aromatic rings. The van der Waals surface area contributed by atoms with E-state index in [1.54, 1.807) is 18.3 Å². The Kier molecular flexibility index (Phi) is 3.35. The van der Waals surface area contributed by atoms with Gasteiger partial charge in [-0.05, 0) is 24.3 Å². The van der Waals surface area contributed by atoms with E-state index in [9.17, 15) is 9.90 Å². The number of benzene rings is 1. The van der Waals surface area contributed by atoms with Crippen molar-refractivity contribution in [3.8, 4) is 11.5 Å². The Morgan fingerprint density at radius 3 is 2.82 bits per heavy atom. The molecule has 1 N–H and O–H groups in total. The first-order valence-corrected chi connectivity index (χ1v) is 5.11. The summed E-state index contributed by atoms with van der Waals surface area (Å²) < 4.78 is 5.44. The van der Waals surface area contributed by atoms with E-state index in [0.29, 0.717) is 12.0 Å². The molecular weight excluding hydrogens is 218 g/mol. The first kappa shape index (κ1) is 11.1. The molecule has 0 aliphatic rings. The van der Waals surface area contributed by atoms with Crippen LogP contribution in [0.2, 0.25) is 0 Å². The van der Waals surface area contributed by atoms with E-state index < -0.39 is 0 Å². The van der Waals surface area contributed by atoms with Gasteiger partial charge in [-0.25, -0.2) is 0 Å². The number of rotatable bonds is 4. The Balaban J connectivity index is 2.14. The summed E-state index contributed by atoms with van der Waals surface area (Å²) >= 11 is 0. The Labute approximate surface area is 98.5 Å². The maximum Gasteiger partial charge on any atom is 0.157 e. The van der Waals surface area contributed by atoms with Crippen LogP contribution < -0.4 is 4.74 Å². The highest BCUT2D eigenvalue weighted by Gasteiger charge is 2.07. The number of hydrogen-bond donors (Lipinski definition) is 1. The number of ether oxygens (including phenoxy) is 1. The highest BCUT2D eigenvalue weighted by atomic mass is 16.5. The molecule has 0 aliphatic heterocycles. The molecule has 0 aliphatic carbocycles. The molecule has 4 heteroatoms. The molecule has 1 aromatic heterocycles. The van der Waals surface area contributed by atoms with E-state index in [-0.39, 0.29) is 17.9 Å². The van der Waals surface area contributed by atoms with Crippen molar-refractivity contribution < 1.29 is 14.6 Å². The molecule has 0 bridgehead atoms. The van der Waals surface area contributed by atoms with Crippen LogP contribution in [-0.2, 0) is 6.61 Å². The molecule has 86 valence electrons. The van der Waals surface area contributed by atoms with Crippen LogP contribution in [0.15, 0.2) is 42.6 Å². The van der Waals surface area contributed by atoms with E-state index in [1.165, 1.54) is 6.07 Å². The van der Waals surface area contributed by atoms with Gasteiger partial charge in [-0.1, -0.05) is 12.1 Å². The molecular formula is C13H11NO3. The number of aldehydes is 1. The maximum absolute atomic E-state index is 10.8. The summed E-state index contributed by atoms with van der Waals surface area (Å²) in [4.78, 5) is 14.9. The lowest BCUT2D eigenvalue weighted by Gasteiger charge is -2.08. The fourth-order valence-corrected chi connectivity index (χ4v) is 1.41. The molecule has 0 fully saturated rings. The highest BCUT2D eigenvalue weighted by Crippen LogP contribution is 2.25. The smallest absolute Gasteiger partial charge is 0.157 e. The van der Waals surface area contributed by atoms with Crippen LogP contribution in [0.25, 0.3) is 0 Å². The molecule has 17 heavy (non-hydrogen) atoms. The lowest BCUT2D eigenvalue weighted by atomic mass is 10.2. The number of aromatic hydroxyl groups is 1. The van der Waals surface area contributed by atoms with Crippen LogP contribution in [0.4, 0.5) is 0 Å². The molecule has 2 rings (SSSR count). The van der Waals surface area contributed by atoms with Crippen LogP contribution in [0.1, 0.15) is 16.1 Å². The Bertz CT molecular complexity index is 511. The first-order chi connectivity index (χ1) is 8.31. The van der Waals surface area contributed by atoms with Crippen LogP contribution >= 0.6 is 0 Å². The van der Waals surface area contributed by atoms with Gasteiger partial charge in [0.2, 0.25) is 0 Å². The standard InChI is InChI=1S/C13H11NO3/c15-8-11-12(16)5-3-6-13(11)17-9-10-4-1-2-7-14-10/h1-8,16H,9H2. The first-order valence-electron chi connectivity index (χ1n) is 5.11. The fraction of sp³-hybridized carbons (Fsp3) is 0.0769. The molecule has 0 saturated heterocycles. The fourth-order valence-electron chi connectivity index (χ4n) is 1.41. The minimum Gasteiger partial charge on any atom is -0.507 e. The van der Waals surface area contributed by atoms with Crippen molar-refractivity contribution in [3.05, 3.63) is 53.9 Å². The maximum atomic E-state index is 10.8. The molecule has 1 aromatic carbocycles. The van der Waals surface area contributed by atoms with Crippen molar-refractivity contribution in [2.75, 3.05) is 0 Å². The van der Waals surface area contributed by atoms with Gasteiger partial charge in [-0.2, -0.15) is 0 Å². The number of nitrogens with zero attached hydrogens (tertiary/aromatic N) is 1. The number of pyridine rings is 1. The van der Waals surface area contributed by atoms with Crippen LogP contribution in [0.5, 0.6) is 11.5 Å². The average Bonchev–Trinajstić information content (AvgIpc) is 2.37. The number of carbonyl (C=O) groups excluding carboxylic acids is 1. The Morgan fingerprint density at radius 2 is 2.12 bits per heavy atom. The van der Waals surface area contributed by atoms with Crippen LogP contribution in [0, 0.1) is 0 Å². The van der Waals surface area contributed by atoms with Crippen molar-refractivity contribution >= 4 is 6.29 Å². The van der Waals surface area contributed by atoms with Gasteiger partial charge in [0.1, 0.15) is 18.1 Å². The third-order valence-corrected chi connectivity index (χ3v) is 2.26. The van der Waals surface area contributed by atoms with Crippen LogP contribution in [0.3, 0.4) is 0 Å². The van der Waals surface area contributed by atoms with Gasteiger partial charge in [0.25, 0.3) is 0 Å². The van der Waals surface area contributed by atoms with E-state index >= 15 is 0 Å². The Morgan fingerprint density at radius 1 is 1.24 bits per heavy atom. The quantitative estimate of drug-likeness (QED) is 0.816. The van der Waals surface area contributed by atoms with E-state index in [2.05, 4.69) is 4.98 Å². The van der Waals surface area contributed by atoms with E-state index in [1.807, 2.05) is 18.2 Å². The average molecular weight is 229 g/mol. The summed E-state index contributed by atoms with van der Waals surface area (Å²) in [6.07, 6.45) is 2.24. The number of phenolic OH excluding ortho intramolecular Hbond substituents is 1. The second-order valence-electron chi connectivity index (χ2n) is 3.42. The molecule has 0 spiro atoms. The van der Waals surface area contributed by atoms with Gasteiger partial charge < -0.3 is 9.84 Å². The topological polar surface area (TPSA) is 59.4 Å². The summed E-state index contributed by atoms with van der Waals surface area (Å²) in [5.74, 6) is 0.268. The zero-order valence-electron chi connectivity index (χ0n) is 9.04. The second-order valence-corrected chi connectivity index (χ2v) is 3.42. The molecule has 1 heterocycles. The number of phenols is 1. The summed E-state index contributed by atoms with van der Waals surface area (Å²) in [7, 11) is 0. The largest absolute Gasteiger partial charge is 0.507 e. The minimum absolute atomic E-state index is 0.0847. The number of hydrogen-bond acceptors (Lipinski definition) is 4. The number of aromatic nitrogens is 1. The zero-order chi connectivity index (χ0) is 12.1. The molecule has 0 atom stereocenters. The van der Waals surface area contributed by atoms with Crippen molar-refractivity contribution in [3.63, 3.8) is 0 Å². The lowest BCUT2D eigenvalue weighted by molar-refractivity contribution is 0.111. The predicted molar refractivity (Wildman–Crippen MR) is 62.1 cm³/mol. The van der Waals surface area contributed by atoms with Crippen molar-refractivity contribution in [2.24, 2.45) is 0 Å². The molecule has 0 unspecified atom stereocenters. The van der Waals surface area contributed by atoms with Gasteiger partial charge in [-0.3, -0.25) is 9.78 Å². The summed E-state index contributed by atoms with van der Waals surface area (Å²) in [6, 6.07) is 10.2. The molecule has 0 radical (unpaired) electrons. The predicted octanol–water partition coefficient (Wildman–Crippen LogP) is 2.18. The van der Waals surface area contributed by atoms with Gasteiger partial charge in [0, 0.05) is 6.20 Å². The highest BCUT2D eigenvalue weighted by molar-refractivity contribution is 5.83. The van der Waals surface area contributed by atoms with Crippen LogP contribution in [-0.4, -0.2) is 16.4 Å². The number of carbonyl (C=O) groups is 1. The van der Waals surface area contributed by atoms with Gasteiger partial charge in [-0.15, -0.1) is 0 Å². The van der Waals surface area contributed by atoms with E-state index in [4.69, 9.17) is 4.74 Å². The molecule has 4 nitrogen and oxygen atoms in total. The zero-order valence-corrected chi connectivity index (χ0v) is 9.04. The van der Waals surface area contributed by atoms with Crippen molar-refractivity contribution in [1.29, 1.82) is 0 Å². The van der Waals surface area contributed by atoms with Gasteiger partial charge in [0.05, 0.1) is 11.3 Å². The SMILES string of the molecule is O=Cc1c(O)cccc1OCc1ccccn1. The van der Waals surface area contributed by atoms with Crippen molar-refractivity contribution in [2.45, 2.75) is 6.61 Å². The van der Waals surface area contributed by atoms with Gasteiger partial charge in [0.15, 0.2) is 6.29 Å². The third kappa shape index (κ3) is 2.60. The second kappa shape index (κ2) is 5.12. The third-order valence-electron chi connectivity index (χ3n) is 2.26.